The van der Waals surface area contributed by atoms with E-state index >= 15 is 0 Å². The average molecular weight is 314 g/mol. The molecule has 22 heavy (non-hydrogen) atoms. The number of aromatic nitrogens is 2. The quantitative estimate of drug-likeness (QED) is 0.795. The van der Waals surface area contributed by atoms with Gasteiger partial charge in [-0.05, 0) is 43.3 Å². The highest BCUT2D eigenvalue weighted by molar-refractivity contribution is 6.34. The van der Waals surface area contributed by atoms with Gasteiger partial charge in [0.25, 0.3) is 11.8 Å². The highest BCUT2D eigenvalue weighted by Gasteiger charge is 2.10. The molecule has 1 N–H and O–H groups in total. The van der Waals surface area contributed by atoms with Crippen LogP contribution in [-0.2, 0) is 0 Å². The molecule has 1 aromatic heterocycles. The second kappa shape index (κ2) is 5.99. The number of halogens is 1. The number of aryl methyl sites for hydroxylation is 1. The Morgan fingerprint density at radius 2 is 1.86 bits per heavy atom. The summed E-state index contributed by atoms with van der Waals surface area (Å²) in [5.74, 6) is 0.763. The summed E-state index contributed by atoms with van der Waals surface area (Å²) in [6, 6.07) is 14.0. The molecule has 3 aromatic rings. The summed E-state index contributed by atoms with van der Waals surface area (Å²) in [5.41, 5.74) is 1.88. The largest absolute Gasteiger partial charge is 0.334 e. The van der Waals surface area contributed by atoms with Crippen molar-refractivity contribution >= 4 is 23.2 Å². The molecule has 3 rings (SSSR count). The highest BCUT2D eigenvalue weighted by atomic mass is 35.5. The van der Waals surface area contributed by atoms with Crippen molar-refractivity contribution in [3.63, 3.8) is 0 Å². The van der Waals surface area contributed by atoms with E-state index in [4.69, 9.17) is 16.1 Å². The van der Waals surface area contributed by atoms with Gasteiger partial charge >= 0.3 is 0 Å². The first-order chi connectivity index (χ1) is 10.6. The van der Waals surface area contributed by atoms with E-state index in [9.17, 15) is 4.79 Å². The fourth-order valence-corrected chi connectivity index (χ4v) is 2.18. The Hall–Kier alpha value is -2.66. The minimum Gasteiger partial charge on any atom is -0.334 e. The summed E-state index contributed by atoms with van der Waals surface area (Å²) >= 11 is 6.00. The zero-order chi connectivity index (χ0) is 15.5. The molecule has 1 amide bonds. The fourth-order valence-electron chi connectivity index (χ4n) is 1.95. The zero-order valence-corrected chi connectivity index (χ0v) is 12.5. The van der Waals surface area contributed by atoms with E-state index in [1.165, 1.54) is 0 Å². The zero-order valence-electron chi connectivity index (χ0n) is 11.7. The number of anilines is 1. The van der Waals surface area contributed by atoms with Crippen molar-refractivity contribution in [1.82, 2.24) is 10.1 Å². The van der Waals surface area contributed by atoms with Gasteiger partial charge in [0.15, 0.2) is 5.82 Å². The Bertz CT molecular complexity index is 812. The maximum Gasteiger partial charge on any atom is 0.257 e. The third kappa shape index (κ3) is 2.99. The van der Waals surface area contributed by atoms with Crippen LogP contribution in [0.3, 0.4) is 0 Å². The first-order valence-corrected chi connectivity index (χ1v) is 6.98. The normalized spacial score (nSPS) is 10.5. The molecular formula is C16H12ClN3O2. The lowest BCUT2D eigenvalue weighted by molar-refractivity contribution is 0.102. The molecule has 0 aliphatic heterocycles. The summed E-state index contributed by atoms with van der Waals surface area (Å²) in [7, 11) is 0. The van der Waals surface area contributed by atoms with Gasteiger partial charge in [0.2, 0.25) is 0 Å². The lowest BCUT2D eigenvalue weighted by atomic mass is 10.2. The number of rotatable bonds is 3. The van der Waals surface area contributed by atoms with Crippen LogP contribution in [0.15, 0.2) is 53.1 Å². The molecule has 0 fully saturated rings. The van der Waals surface area contributed by atoms with E-state index in [1.54, 1.807) is 55.5 Å². The third-order valence-corrected chi connectivity index (χ3v) is 3.37. The maximum absolute atomic E-state index is 12.2. The number of nitrogens with zero attached hydrogens (tertiary/aromatic N) is 2. The molecule has 0 spiro atoms. The Morgan fingerprint density at radius 1 is 1.14 bits per heavy atom. The number of hydrogen-bond acceptors (Lipinski definition) is 4. The smallest absolute Gasteiger partial charge is 0.257 e. The first-order valence-electron chi connectivity index (χ1n) is 6.60. The minimum atomic E-state index is -0.257. The standard InChI is InChI=1S/C16H12ClN3O2/c1-10-18-16(22-20-10)11-6-8-12(9-7-11)19-15(21)13-4-2-3-5-14(13)17/h2-9H,1H3,(H,19,21). The topological polar surface area (TPSA) is 68.0 Å². The van der Waals surface area contributed by atoms with Crippen molar-refractivity contribution in [2.75, 3.05) is 5.32 Å². The van der Waals surface area contributed by atoms with Gasteiger partial charge < -0.3 is 9.84 Å². The Morgan fingerprint density at radius 3 is 2.50 bits per heavy atom. The van der Waals surface area contributed by atoms with Gasteiger partial charge in [-0.15, -0.1) is 0 Å². The molecule has 0 saturated heterocycles. The molecule has 1 heterocycles. The number of carbonyl (C=O) groups excluding carboxylic acids is 1. The van der Waals surface area contributed by atoms with Gasteiger partial charge in [0.05, 0.1) is 10.6 Å². The summed E-state index contributed by atoms with van der Waals surface area (Å²) in [5, 5.41) is 6.95. The summed E-state index contributed by atoms with van der Waals surface area (Å²) in [6.07, 6.45) is 0. The summed E-state index contributed by atoms with van der Waals surface area (Å²) in [4.78, 5) is 16.3. The molecular weight excluding hydrogens is 302 g/mol. The van der Waals surface area contributed by atoms with Gasteiger partial charge in [-0.3, -0.25) is 4.79 Å². The van der Waals surface area contributed by atoms with Gasteiger partial charge in [0, 0.05) is 11.3 Å². The first kappa shape index (κ1) is 14.3. The van der Waals surface area contributed by atoms with E-state index in [1.807, 2.05) is 0 Å². The monoisotopic (exact) mass is 313 g/mol. The molecule has 0 radical (unpaired) electrons. The van der Waals surface area contributed by atoms with Crippen molar-refractivity contribution in [1.29, 1.82) is 0 Å². The SMILES string of the molecule is Cc1noc(-c2ccc(NC(=O)c3ccccc3Cl)cc2)n1. The second-order valence-electron chi connectivity index (χ2n) is 4.66. The van der Waals surface area contributed by atoms with E-state index in [-0.39, 0.29) is 5.91 Å². The molecule has 0 bridgehead atoms. The lowest BCUT2D eigenvalue weighted by Crippen LogP contribution is -2.12. The molecule has 0 atom stereocenters. The average Bonchev–Trinajstić information content (AvgIpc) is 2.95. The van der Waals surface area contributed by atoms with Crippen LogP contribution in [0.1, 0.15) is 16.2 Å². The van der Waals surface area contributed by atoms with Crippen LogP contribution in [0, 0.1) is 6.92 Å². The number of carbonyl (C=O) groups is 1. The highest BCUT2D eigenvalue weighted by Crippen LogP contribution is 2.21. The predicted molar refractivity (Wildman–Crippen MR) is 83.9 cm³/mol. The van der Waals surface area contributed by atoms with Gasteiger partial charge in [-0.2, -0.15) is 4.98 Å². The van der Waals surface area contributed by atoms with Crippen molar-refractivity contribution in [3.05, 3.63) is 64.9 Å². The molecule has 5 nitrogen and oxygen atoms in total. The Labute approximate surface area is 131 Å². The summed E-state index contributed by atoms with van der Waals surface area (Å²) < 4.78 is 5.09. The van der Waals surface area contributed by atoms with Crippen LogP contribution in [0.25, 0.3) is 11.5 Å². The van der Waals surface area contributed by atoms with Gasteiger partial charge in [-0.25, -0.2) is 0 Å². The van der Waals surface area contributed by atoms with Crippen LogP contribution >= 0.6 is 11.6 Å². The Balaban J connectivity index is 1.76. The van der Waals surface area contributed by atoms with E-state index in [2.05, 4.69) is 15.5 Å². The van der Waals surface area contributed by atoms with Crippen LogP contribution in [0.5, 0.6) is 0 Å². The molecule has 2 aromatic carbocycles. The maximum atomic E-state index is 12.2. The molecule has 0 unspecified atom stereocenters. The Kier molecular flexibility index (Phi) is 3.89. The van der Waals surface area contributed by atoms with Crippen molar-refractivity contribution < 1.29 is 9.32 Å². The number of amides is 1. The third-order valence-electron chi connectivity index (χ3n) is 3.04. The van der Waals surface area contributed by atoms with Crippen LogP contribution < -0.4 is 5.32 Å². The van der Waals surface area contributed by atoms with Gasteiger partial charge in [-0.1, -0.05) is 28.9 Å². The number of hydrogen-bond donors (Lipinski definition) is 1. The van der Waals surface area contributed by atoms with Crippen LogP contribution in [-0.4, -0.2) is 16.0 Å². The molecule has 0 aliphatic rings. The van der Waals surface area contributed by atoms with E-state index in [0.29, 0.717) is 28.0 Å². The second-order valence-corrected chi connectivity index (χ2v) is 5.07. The number of benzene rings is 2. The predicted octanol–water partition coefficient (Wildman–Crippen LogP) is 3.95. The van der Waals surface area contributed by atoms with Crippen LogP contribution in [0.2, 0.25) is 5.02 Å². The number of nitrogens with one attached hydrogen (secondary N) is 1. The van der Waals surface area contributed by atoms with E-state index in [0.717, 1.165) is 5.56 Å². The molecule has 110 valence electrons. The fraction of sp³-hybridized carbons (Fsp3) is 0.0625. The van der Waals surface area contributed by atoms with Crippen LogP contribution in [0.4, 0.5) is 5.69 Å². The van der Waals surface area contributed by atoms with Gasteiger partial charge in [0.1, 0.15) is 0 Å². The summed E-state index contributed by atoms with van der Waals surface area (Å²) in [6.45, 7) is 1.76. The minimum absolute atomic E-state index is 0.257. The van der Waals surface area contributed by atoms with Crippen molar-refractivity contribution in [2.24, 2.45) is 0 Å². The van der Waals surface area contributed by atoms with E-state index < -0.39 is 0 Å². The molecule has 0 aliphatic carbocycles. The lowest BCUT2D eigenvalue weighted by Gasteiger charge is -2.06. The van der Waals surface area contributed by atoms with Crippen molar-refractivity contribution in [3.8, 4) is 11.5 Å². The molecule has 0 saturated carbocycles. The van der Waals surface area contributed by atoms with Crippen molar-refractivity contribution in [2.45, 2.75) is 6.92 Å². The molecule has 6 heteroatoms.